The second kappa shape index (κ2) is 5.17. The molecule has 72 valence electrons. The van der Waals surface area contributed by atoms with Crippen molar-refractivity contribution in [1.29, 1.82) is 0 Å². The third-order valence-corrected chi connectivity index (χ3v) is 2.23. The molecular formula is C9H14ClN3. The summed E-state index contributed by atoms with van der Waals surface area (Å²) in [5.41, 5.74) is 0. The normalized spacial score (nSPS) is 17.8. The van der Waals surface area contributed by atoms with Gasteiger partial charge in [0.1, 0.15) is 0 Å². The molecule has 0 spiro atoms. The van der Waals surface area contributed by atoms with E-state index in [0.717, 1.165) is 26.2 Å². The van der Waals surface area contributed by atoms with Crippen LogP contribution < -0.4 is 22.6 Å². The number of piperazine rings is 1. The monoisotopic (exact) mass is 199 g/mol. The van der Waals surface area contributed by atoms with Crippen LogP contribution in [0.2, 0.25) is 0 Å². The van der Waals surface area contributed by atoms with E-state index in [9.17, 15) is 0 Å². The molecule has 1 aliphatic rings. The van der Waals surface area contributed by atoms with E-state index in [1.165, 1.54) is 10.7 Å². The van der Waals surface area contributed by atoms with Crippen molar-refractivity contribution in [2.24, 2.45) is 0 Å². The lowest BCUT2D eigenvalue weighted by molar-refractivity contribution is -0.837. The van der Waals surface area contributed by atoms with Crippen LogP contribution in [-0.2, 0) is 0 Å². The molecule has 2 N–H and O–H groups in total. The SMILES string of the molecule is [Cl-].c1ccc([NH+]2CCNCC2)nc1. The Bertz CT molecular complexity index is 234. The first-order valence-electron chi connectivity index (χ1n) is 4.43. The lowest BCUT2D eigenvalue weighted by atomic mass is 10.3. The third-order valence-electron chi connectivity index (χ3n) is 2.23. The summed E-state index contributed by atoms with van der Waals surface area (Å²) in [5.74, 6) is 1.18. The quantitative estimate of drug-likeness (QED) is 0.486. The number of rotatable bonds is 1. The number of hydrogen-bond acceptors (Lipinski definition) is 2. The highest BCUT2D eigenvalue weighted by Crippen LogP contribution is 1.92. The first kappa shape index (κ1) is 10.4. The molecule has 1 aromatic heterocycles. The Hall–Kier alpha value is -0.640. The van der Waals surface area contributed by atoms with E-state index in [2.05, 4.69) is 22.4 Å². The summed E-state index contributed by atoms with van der Waals surface area (Å²) in [7, 11) is 0. The fraction of sp³-hybridized carbons (Fsp3) is 0.444. The summed E-state index contributed by atoms with van der Waals surface area (Å²) >= 11 is 0. The van der Waals surface area contributed by atoms with Crippen molar-refractivity contribution in [1.82, 2.24) is 10.3 Å². The van der Waals surface area contributed by atoms with Gasteiger partial charge in [0.2, 0.25) is 5.82 Å². The van der Waals surface area contributed by atoms with Gasteiger partial charge in [0, 0.05) is 25.4 Å². The summed E-state index contributed by atoms with van der Waals surface area (Å²) in [6.45, 7) is 4.51. The van der Waals surface area contributed by atoms with Crippen molar-refractivity contribution in [3.8, 4) is 0 Å². The summed E-state index contributed by atoms with van der Waals surface area (Å²) in [5, 5.41) is 3.34. The molecule has 4 heteroatoms. The molecule has 3 nitrogen and oxygen atoms in total. The Kier molecular flexibility index (Phi) is 4.15. The number of halogens is 1. The smallest absolute Gasteiger partial charge is 0.225 e. The largest absolute Gasteiger partial charge is 1.00 e. The fourth-order valence-electron chi connectivity index (χ4n) is 1.56. The highest BCUT2D eigenvalue weighted by Gasteiger charge is 2.15. The zero-order chi connectivity index (χ0) is 8.23. The van der Waals surface area contributed by atoms with Crippen molar-refractivity contribution in [3.63, 3.8) is 0 Å². The van der Waals surface area contributed by atoms with Crippen molar-refractivity contribution in [2.45, 2.75) is 0 Å². The Morgan fingerprint density at radius 2 is 2.00 bits per heavy atom. The fourth-order valence-corrected chi connectivity index (χ4v) is 1.56. The first-order chi connectivity index (χ1) is 5.97. The standard InChI is InChI=1S/C9H13N3.ClH/c1-2-4-11-9(3-1)12-7-5-10-6-8-12;/h1-4,10H,5-8H2;1H. The van der Waals surface area contributed by atoms with E-state index in [4.69, 9.17) is 0 Å². The summed E-state index contributed by atoms with van der Waals surface area (Å²) < 4.78 is 0. The lowest BCUT2D eigenvalue weighted by Crippen LogP contribution is -3.10. The second-order valence-corrected chi connectivity index (χ2v) is 3.07. The van der Waals surface area contributed by atoms with Gasteiger partial charge in [0.05, 0.1) is 13.1 Å². The van der Waals surface area contributed by atoms with Crippen LogP contribution in [0.1, 0.15) is 0 Å². The Balaban J connectivity index is 0.000000845. The Morgan fingerprint density at radius 1 is 1.23 bits per heavy atom. The van der Waals surface area contributed by atoms with E-state index < -0.39 is 0 Å². The Morgan fingerprint density at radius 3 is 2.62 bits per heavy atom. The molecule has 1 fully saturated rings. The van der Waals surface area contributed by atoms with Gasteiger partial charge in [0.15, 0.2) is 0 Å². The van der Waals surface area contributed by atoms with Crippen molar-refractivity contribution >= 4 is 5.82 Å². The van der Waals surface area contributed by atoms with E-state index in [1.54, 1.807) is 0 Å². The lowest BCUT2D eigenvalue weighted by Gasteiger charge is -2.22. The molecule has 0 aromatic carbocycles. The van der Waals surface area contributed by atoms with Crippen molar-refractivity contribution in [2.75, 3.05) is 26.2 Å². The molecule has 0 aliphatic carbocycles. The molecule has 0 atom stereocenters. The van der Waals surface area contributed by atoms with Gasteiger partial charge in [-0.25, -0.2) is 4.98 Å². The predicted octanol–water partition coefficient (Wildman–Crippen LogP) is -3.79. The summed E-state index contributed by atoms with van der Waals surface area (Å²) in [6.07, 6.45) is 1.87. The number of nitrogens with one attached hydrogen (secondary N) is 2. The molecule has 0 radical (unpaired) electrons. The van der Waals surface area contributed by atoms with Crippen LogP contribution in [0.25, 0.3) is 0 Å². The summed E-state index contributed by atoms with van der Waals surface area (Å²) in [6, 6.07) is 6.11. The molecule has 1 aromatic rings. The minimum absolute atomic E-state index is 0. The van der Waals surface area contributed by atoms with Gasteiger partial charge in [-0.15, -0.1) is 0 Å². The van der Waals surface area contributed by atoms with Crippen LogP contribution in [0.15, 0.2) is 24.4 Å². The number of nitrogens with zero attached hydrogens (tertiary/aromatic N) is 1. The zero-order valence-electron chi connectivity index (χ0n) is 7.46. The van der Waals surface area contributed by atoms with E-state index in [-0.39, 0.29) is 12.4 Å². The molecule has 1 aliphatic heterocycles. The Labute approximate surface area is 84.6 Å². The molecule has 13 heavy (non-hydrogen) atoms. The van der Waals surface area contributed by atoms with Crippen molar-refractivity contribution < 1.29 is 17.3 Å². The minimum atomic E-state index is 0. The van der Waals surface area contributed by atoms with Gasteiger partial charge in [-0.1, -0.05) is 6.07 Å². The van der Waals surface area contributed by atoms with Gasteiger partial charge < -0.3 is 17.7 Å². The molecule has 2 rings (SSSR count). The van der Waals surface area contributed by atoms with Crippen LogP contribution in [0, 0.1) is 0 Å². The predicted molar refractivity (Wildman–Crippen MR) is 47.5 cm³/mol. The number of pyridine rings is 1. The van der Waals surface area contributed by atoms with Crippen LogP contribution in [0.5, 0.6) is 0 Å². The van der Waals surface area contributed by atoms with E-state index in [0.29, 0.717) is 0 Å². The zero-order valence-corrected chi connectivity index (χ0v) is 8.22. The molecular weight excluding hydrogens is 186 g/mol. The maximum Gasteiger partial charge on any atom is 0.225 e. The molecule has 2 heterocycles. The first-order valence-corrected chi connectivity index (χ1v) is 4.43. The second-order valence-electron chi connectivity index (χ2n) is 3.07. The van der Waals surface area contributed by atoms with Gasteiger partial charge in [-0.05, 0) is 6.07 Å². The maximum atomic E-state index is 4.34. The maximum absolute atomic E-state index is 4.34. The van der Waals surface area contributed by atoms with E-state index in [1.807, 2.05) is 12.3 Å². The van der Waals surface area contributed by atoms with Crippen molar-refractivity contribution in [3.05, 3.63) is 24.4 Å². The van der Waals surface area contributed by atoms with Gasteiger partial charge in [-0.2, -0.15) is 0 Å². The topological polar surface area (TPSA) is 29.4 Å². The van der Waals surface area contributed by atoms with Crippen LogP contribution in [0.4, 0.5) is 5.82 Å². The number of hydrogen-bond donors (Lipinski definition) is 2. The number of quaternary nitrogens is 1. The highest BCUT2D eigenvalue weighted by atomic mass is 35.5. The molecule has 0 saturated carbocycles. The molecule has 0 amide bonds. The van der Waals surface area contributed by atoms with Gasteiger partial charge in [0.25, 0.3) is 0 Å². The van der Waals surface area contributed by atoms with Gasteiger partial charge >= 0.3 is 0 Å². The number of aromatic nitrogens is 1. The third kappa shape index (κ3) is 2.66. The molecule has 0 unspecified atom stereocenters. The minimum Gasteiger partial charge on any atom is -1.00 e. The summed E-state index contributed by atoms with van der Waals surface area (Å²) in [4.78, 5) is 5.83. The average molecular weight is 200 g/mol. The highest BCUT2D eigenvalue weighted by molar-refractivity contribution is 5.16. The molecule has 1 saturated heterocycles. The van der Waals surface area contributed by atoms with E-state index >= 15 is 0 Å². The van der Waals surface area contributed by atoms with Gasteiger partial charge in [-0.3, -0.25) is 4.90 Å². The van der Waals surface area contributed by atoms with Crippen LogP contribution in [0.3, 0.4) is 0 Å². The molecule has 0 bridgehead atoms. The van der Waals surface area contributed by atoms with Crippen LogP contribution in [-0.4, -0.2) is 31.2 Å². The average Bonchev–Trinajstić information content (AvgIpc) is 2.21. The van der Waals surface area contributed by atoms with Crippen LogP contribution >= 0.6 is 0 Å².